The molecule has 2 fully saturated rings. The van der Waals surface area contributed by atoms with E-state index in [1.807, 2.05) is 17.0 Å². The molecule has 2 aromatic heterocycles. The fraction of sp³-hybridized carbons (Fsp3) is 0.343. The van der Waals surface area contributed by atoms with Crippen molar-refractivity contribution < 1.29 is 18.7 Å². The van der Waals surface area contributed by atoms with Gasteiger partial charge in [0.25, 0.3) is 11.5 Å². The fourth-order valence-electron chi connectivity index (χ4n) is 7.40. The zero-order valence-electron chi connectivity index (χ0n) is 26.6. The second-order valence-corrected chi connectivity index (χ2v) is 13.2. The Kier molecular flexibility index (Phi) is 7.64. The van der Waals surface area contributed by atoms with Gasteiger partial charge in [-0.05, 0) is 55.2 Å². The molecule has 2 amide bonds. The molecule has 1 aliphatic carbocycles. The molecule has 2 aromatic carbocycles. The Morgan fingerprint density at radius 2 is 1.85 bits per heavy atom. The number of aryl methyl sites for hydroxylation is 2. The lowest BCUT2D eigenvalue weighted by Crippen LogP contribution is -2.72. The molecule has 4 aromatic rings. The molecule has 0 saturated carbocycles. The highest BCUT2D eigenvalue weighted by Crippen LogP contribution is 2.50. The van der Waals surface area contributed by atoms with Crippen molar-refractivity contribution in [2.45, 2.75) is 32.7 Å². The molecular weight excluding hydrogens is 623 g/mol. The van der Waals surface area contributed by atoms with Crippen LogP contribution in [0.1, 0.15) is 46.4 Å². The molecule has 12 heteroatoms. The fourth-order valence-corrected chi connectivity index (χ4v) is 7.72. The molecule has 0 radical (unpaired) electrons. The number of fused-ring (bicyclic) bond motifs is 1. The van der Waals surface area contributed by atoms with Gasteiger partial charge in [0.15, 0.2) is 0 Å². The van der Waals surface area contributed by atoms with Crippen LogP contribution in [-0.4, -0.2) is 69.7 Å². The predicted octanol–water partition coefficient (Wildman–Crippen LogP) is 5.02. The third-order valence-electron chi connectivity index (χ3n) is 9.80. The van der Waals surface area contributed by atoms with Gasteiger partial charge in [0, 0.05) is 85.7 Å². The molecule has 1 spiro atoms. The summed E-state index contributed by atoms with van der Waals surface area (Å²) in [6.45, 7) is 6.85. The van der Waals surface area contributed by atoms with Crippen LogP contribution in [0.3, 0.4) is 0 Å². The van der Waals surface area contributed by atoms with E-state index in [1.54, 1.807) is 33.1 Å². The Morgan fingerprint density at radius 1 is 1.11 bits per heavy atom. The number of aromatic nitrogens is 3. The van der Waals surface area contributed by atoms with Crippen molar-refractivity contribution >= 4 is 29.1 Å². The molecular formula is C35H34ClFN6O4. The molecule has 0 bridgehead atoms. The molecule has 47 heavy (non-hydrogen) atoms. The summed E-state index contributed by atoms with van der Waals surface area (Å²) in [4.78, 5) is 46.4. The average Bonchev–Trinajstić information content (AvgIpc) is 3.42. The number of hydrogen-bond acceptors (Lipinski definition) is 7. The molecule has 10 nitrogen and oxygen atoms in total. The lowest BCUT2D eigenvalue weighted by atomic mass is 9.72. The van der Waals surface area contributed by atoms with Crippen LogP contribution in [0, 0.1) is 18.2 Å². The minimum atomic E-state index is -0.625. The van der Waals surface area contributed by atoms with Crippen LogP contribution in [0.2, 0.25) is 5.02 Å². The molecule has 1 N–H and O–H groups in total. The van der Waals surface area contributed by atoms with Gasteiger partial charge in [0.05, 0.1) is 17.8 Å². The van der Waals surface area contributed by atoms with Gasteiger partial charge in [-0.25, -0.2) is 14.1 Å². The Morgan fingerprint density at radius 3 is 2.57 bits per heavy atom. The molecule has 2 saturated heterocycles. The van der Waals surface area contributed by atoms with Crippen LogP contribution < -0.4 is 15.6 Å². The van der Waals surface area contributed by atoms with E-state index in [9.17, 15) is 14.4 Å². The SMILES string of the molecule is COc1nc(-c2cccc(-c3c(F)ccc(NC(=O)c4ccnn(C)c4=O)c3C)c2Cl)cc2c1[C@@H](N1CC3(CN(C(C)=O)C3)C1)CC2. The average molecular weight is 657 g/mol. The van der Waals surface area contributed by atoms with Gasteiger partial charge in [-0.2, -0.15) is 5.10 Å². The van der Waals surface area contributed by atoms with Crippen molar-refractivity contribution in [3.05, 3.63) is 92.1 Å². The van der Waals surface area contributed by atoms with E-state index in [-0.39, 0.29) is 28.5 Å². The van der Waals surface area contributed by atoms with Gasteiger partial charge in [-0.15, -0.1) is 0 Å². The maximum atomic E-state index is 15.5. The smallest absolute Gasteiger partial charge is 0.279 e. The number of carbonyl (C=O) groups excluding carboxylic acids is 2. The van der Waals surface area contributed by atoms with Gasteiger partial charge in [0.1, 0.15) is 11.4 Å². The first-order valence-electron chi connectivity index (χ1n) is 15.5. The van der Waals surface area contributed by atoms with Crippen molar-refractivity contribution in [3.8, 4) is 28.3 Å². The van der Waals surface area contributed by atoms with Crippen LogP contribution >= 0.6 is 11.6 Å². The van der Waals surface area contributed by atoms with Crippen LogP contribution in [0.15, 0.2) is 53.5 Å². The molecule has 0 unspecified atom stereocenters. The Hall–Kier alpha value is -4.61. The number of anilines is 1. The minimum absolute atomic E-state index is 0.0806. The summed E-state index contributed by atoms with van der Waals surface area (Å²) in [6, 6.07) is 11.7. The number of hydrogen-bond donors (Lipinski definition) is 1. The second-order valence-electron chi connectivity index (χ2n) is 12.8. The lowest BCUT2D eigenvalue weighted by molar-refractivity contribution is -0.161. The summed E-state index contributed by atoms with van der Waals surface area (Å²) in [5.41, 5.74) is 4.55. The van der Waals surface area contributed by atoms with E-state index < -0.39 is 17.3 Å². The summed E-state index contributed by atoms with van der Waals surface area (Å²) >= 11 is 7.04. The summed E-state index contributed by atoms with van der Waals surface area (Å²) < 4.78 is 22.4. The van der Waals surface area contributed by atoms with Crippen LogP contribution in [0.4, 0.5) is 10.1 Å². The van der Waals surface area contributed by atoms with Gasteiger partial charge in [0.2, 0.25) is 11.8 Å². The maximum absolute atomic E-state index is 15.5. The first-order chi connectivity index (χ1) is 22.5. The van der Waals surface area contributed by atoms with E-state index >= 15 is 4.39 Å². The second kappa shape index (κ2) is 11.6. The highest BCUT2D eigenvalue weighted by Gasteiger charge is 2.55. The highest BCUT2D eigenvalue weighted by atomic mass is 35.5. The first-order valence-corrected chi connectivity index (χ1v) is 15.9. The normalized spacial score (nSPS) is 18.0. The summed E-state index contributed by atoms with van der Waals surface area (Å²) in [7, 11) is 3.08. The zero-order chi connectivity index (χ0) is 33.2. The largest absolute Gasteiger partial charge is 0.481 e. The number of amides is 2. The van der Waals surface area contributed by atoms with E-state index in [1.165, 1.54) is 31.4 Å². The quantitative estimate of drug-likeness (QED) is 0.310. The number of methoxy groups -OCH3 is 1. The number of carbonyl (C=O) groups is 2. The number of rotatable bonds is 6. The zero-order valence-corrected chi connectivity index (χ0v) is 27.3. The third-order valence-corrected chi connectivity index (χ3v) is 10.2. The number of nitrogens with zero attached hydrogens (tertiary/aromatic N) is 5. The van der Waals surface area contributed by atoms with Crippen LogP contribution in [0.25, 0.3) is 22.4 Å². The van der Waals surface area contributed by atoms with Crippen LogP contribution in [-0.2, 0) is 18.3 Å². The van der Waals surface area contributed by atoms with Crippen molar-refractivity contribution in [2.75, 3.05) is 38.6 Å². The molecule has 4 heterocycles. The van der Waals surface area contributed by atoms with Gasteiger partial charge in [-0.1, -0.05) is 29.8 Å². The van der Waals surface area contributed by atoms with Crippen molar-refractivity contribution in [1.82, 2.24) is 24.6 Å². The number of pyridine rings is 1. The predicted molar refractivity (Wildman–Crippen MR) is 176 cm³/mol. The van der Waals surface area contributed by atoms with Crippen molar-refractivity contribution in [3.63, 3.8) is 0 Å². The van der Waals surface area contributed by atoms with Gasteiger partial charge >= 0.3 is 0 Å². The van der Waals surface area contributed by atoms with Gasteiger partial charge < -0.3 is 15.0 Å². The van der Waals surface area contributed by atoms with Crippen LogP contribution in [0.5, 0.6) is 5.88 Å². The van der Waals surface area contributed by atoms with Gasteiger partial charge in [-0.3, -0.25) is 19.3 Å². The number of halogens is 2. The molecule has 7 rings (SSSR count). The molecule has 3 aliphatic rings. The third kappa shape index (κ3) is 5.18. The Labute approximate surface area is 276 Å². The number of benzene rings is 2. The molecule has 1 atom stereocenters. The number of nitrogens with one attached hydrogen (secondary N) is 1. The first kappa shape index (κ1) is 31.0. The molecule has 2 aliphatic heterocycles. The number of likely N-dealkylation sites (tertiary alicyclic amines) is 2. The van der Waals surface area contributed by atoms with E-state index in [0.717, 1.165) is 54.8 Å². The topological polar surface area (TPSA) is 110 Å². The highest BCUT2D eigenvalue weighted by molar-refractivity contribution is 6.36. The summed E-state index contributed by atoms with van der Waals surface area (Å²) in [5, 5.41) is 6.91. The Bertz CT molecular complexity index is 2020. The van der Waals surface area contributed by atoms with Crippen molar-refractivity contribution in [2.24, 2.45) is 12.5 Å². The summed E-state index contributed by atoms with van der Waals surface area (Å²) in [6.07, 6.45) is 3.18. The lowest BCUT2D eigenvalue weighted by Gasteiger charge is -2.61. The monoisotopic (exact) mass is 656 g/mol. The molecule has 242 valence electrons. The summed E-state index contributed by atoms with van der Waals surface area (Å²) in [5.74, 6) is -0.448. The van der Waals surface area contributed by atoms with Crippen molar-refractivity contribution in [1.29, 1.82) is 0 Å². The Balaban J connectivity index is 1.18. The van der Waals surface area contributed by atoms with E-state index in [0.29, 0.717) is 39.0 Å². The van der Waals surface area contributed by atoms with E-state index in [2.05, 4.69) is 15.3 Å². The number of ether oxygens (including phenoxy) is 1. The maximum Gasteiger partial charge on any atom is 0.279 e. The standard InChI is InChI=1S/C35H34ClFN6O4/c1-19-26(39-32(45)24-12-13-38-41(3)34(24)46)10-9-25(37)29(19)23-7-5-6-22(31(23)36)27-14-21-8-11-28(30(21)33(40-27)47-4)43-17-35(18-43)15-42(16-35)20(2)44/h5-7,9-10,12-14,28H,8,11,15-18H2,1-4H3,(H,39,45)/t28-/m0/s1. The van der Waals surface area contributed by atoms with E-state index in [4.69, 9.17) is 21.3 Å². The minimum Gasteiger partial charge on any atom is -0.481 e.